The average molecular weight is 318 g/mol. The number of rotatable bonds is 7. The van der Waals surface area contributed by atoms with Crippen molar-refractivity contribution >= 4 is 5.91 Å². The van der Waals surface area contributed by atoms with Gasteiger partial charge in [-0.1, -0.05) is 30.3 Å². The Bertz CT molecular complexity index is 468. The molecule has 1 aliphatic heterocycles. The molecule has 1 fully saturated rings. The molecule has 4 heteroatoms. The topological polar surface area (TPSA) is 43.8 Å². The first-order valence-electron chi connectivity index (χ1n) is 8.73. The summed E-state index contributed by atoms with van der Waals surface area (Å²) in [4.78, 5) is 16.3. The standard InChI is InChI=1S/C19H30N2O2/c1-16(22)8-11-20(2)15-19(23)21-12-9-18(10-13-21)14-17-6-4-3-5-7-17/h3-7,16,18,22H,8-15H2,1-2H3. The van der Waals surface area contributed by atoms with Gasteiger partial charge < -0.3 is 10.0 Å². The second-order valence-corrected chi connectivity index (χ2v) is 6.89. The maximum atomic E-state index is 12.3. The third-order valence-electron chi connectivity index (χ3n) is 4.67. The van der Waals surface area contributed by atoms with E-state index in [4.69, 9.17) is 0 Å². The van der Waals surface area contributed by atoms with Crippen molar-refractivity contribution in [2.45, 2.75) is 38.7 Å². The van der Waals surface area contributed by atoms with Crippen LogP contribution in [0, 0.1) is 5.92 Å². The van der Waals surface area contributed by atoms with Gasteiger partial charge in [0.15, 0.2) is 0 Å². The Morgan fingerprint density at radius 1 is 1.30 bits per heavy atom. The molecule has 1 N–H and O–H groups in total. The zero-order chi connectivity index (χ0) is 16.7. The van der Waals surface area contributed by atoms with Crippen LogP contribution in [0.15, 0.2) is 30.3 Å². The van der Waals surface area contributed by atoms with Crippen LogP contribution in [-0.2, 0) is 11.2 Å². The molecule has 1 aliphatic rings. The van der Waals surface area contributed by atoms with Crippen molar-refractivity contribution < 1.29 is 9.90 Å². The summed E-state index contributed by atoms with van der Waals surface area (Å²) in [5.74, 6) is 0.908. The maximum absolute atomic E-state index is 12.3. The summed E-state index contributed by atoms with van der Waals surface area (Å²) in [5, 5.41) is 9.31. The summed E-state index contributed by atoms with van der Waals surface area (Å²) >= 11 is 0. The Kier molecular flexibility index (Phi) is 7.06. The lowest BCUT2D eigenvalue weighted by molar-refractivity contribution is -0.133. The van der Waals surface area contributed by atoms with Crippen molar-refractivity contribution in [3.8, 4) is 0 Å². The second-order valence-electron chi connectivity index (χ2n) is 6.89. The van der Waals surface area contributed by atoms with E-state index < -0.39 is 0 Å². The molecule has 23 heavy (non-hydrogen) atoms. The normalized spacial score (nSPS) is 17.5. The number of carbonyl (C=O) groups excluding carboxylic acids is 1. The molecule has 1 amide bonds. The van der Waals surface area contributed by atoms with Crippen LogP contribution in [0.1, 0.15) is 31.7 Å². The number of nitrogens with zero attached hydrogens (tertiary/aromatic N) is 2. The van der Waals surface area contributed by atoms with Crippen LogP contribution in [0.4, 0.5) is 0 Å². The van der Waals surface area contributed by atoms with Crippen molar-refractivity contribution in [2.24, 2.45) is 5.92 Å². The Morgan fingerprint density at radius 2 is 1.96 bits per heavy atom. The fraction of sp³-hybridized carbons (Fsp3) is 0.632. The first kappa shape index (κ1) is 18.0. The maximum Gasteiger partial charge on any atom is 0.236 e. The van der Waals surface area contributed by atoms with E-state index in [0.29, 0.717) is 18.9 Å². The number of piperidine rings is 1. The van der Waals surface area contributed by atoms with E-state index >= 15 is 0 Å². The number of hydrogen-bond acceptors (Lipinski definition) is 3. The van der Waals surface area contributed by atoms with Crippen molar-refractivity contribution in [3.63, 3.8) is 0 Å². The fourth-order valence-corrected chi connectivity index (χ4v) is 3.15. The van der Waals surface area contributed by atoms with Gasteiger partial charge in [0, 0.05) is 19.6 Å². The van der Waals surface area contributed by atoms with Crippen molar-refractivity contribution in [1.29, 1.82) is 0 Å². The predicted molar refractivity (Wildman–Crippen MR) is 93.2 cm³/mol. The van der Waals surface area contributed by atoms with Gasteiger partial charge in [0.25, 0.3) is 0 Å². The zero-order valence-electron chi connectivity index (χ0n) is 14.4. The molecule has 0 spiro atoms. The molecule has 1 saturated heterocycles. The number of aliphatic hydroxyl groups is 1. The number of benzene rings is 1. The molecule has 0 radical (unpaired) electrons. The van der Waals surface area contributed by atoms with E-state index in [1.54, 1.807) is 6.92 Å². The average Bonchev–Trinajstić information content (AvgIpc) is 2.54. The SMILES string of the molecule is CC(O)CCN(C)CC(=O)N1CCC(Cc2ccccc2)CC1. The first-order chi connectivity index (χ1) is 11.0. The van der Waals surface area contributed by atoms with E-state index in [2.05, 4.69) is 30.3 Å². The molecule has 0 aromatic heterocycles. The van der Waals surface area contributed by atoms with Crippen LogP contribution in [0.5, 0.6) is 0 Å². The highest BCUT2D eigenvalue weighted by atomic mass is 16.3. The van der Waals surface area contributed by atoms with Gasteiger partial charge in [0.2, 0.25) is 5.91 Å². The molecule has 128 valence electrons. The molecule has 1 heterocycles. The number of hydrogen-bond donors (Lipinski definition) is 1. The third kappa shape index (κ3) is 6.32. The number of carbonyl (C=O) groups is 1. The van der Waals surface area contributed by atoms with Crippen LogP contribution < -0.4 is 0 Å². The molecular weight excluding hydrogens is 288 g/mol. The molecule has 4 nitrogen and oxygen atoms in total. The van der Waals surface area contributed by atoms with Crippen LogP contribution in [0.25, 0.3) is 0 Å². The number of aliphatic hydroxyl groups excluding tert-OH is 1. The quantitative estimate of drug-likeness (QED) is 0.838. The van der Waals surface area contributed by atoms with E-state index in [1.807, 2.05) is 16.8 Å². The van der Waals surface area contributed by atoms with Crippen LogP contribution in [0.3, 0.4) is 0 Å². The van der Waals surface area contributed by atoms with Gasteiger partial charge in [0.05, 0.1) is 12.6 Å². The molecule has 0 aliphatic carbocycles. The molecule has 1 aromatic rings. The van der Waals surface area contributed by atoms with E-state index in [1.165, 1.54) is 5.56 Å². The van der Waals surface area contributed by atoms with Gasteiger partial charge in [-0.15, -0.1) is 0 Å². The minimum atomic E-state index is -0.304. The van der Waals surface area contributed by atoms with E-state index in [9.17, 15) is 9.90 Å². The lowest BCUT2D eigenvalue weighted by atomic mass is 9.90. The van der Waals surface area contributed by atoms with Gasteiger partial charge in [-0.25, -0.2) is 0 Å². The predicted octanol–water partition coefficient (Wildman–Crippen LogP) is 2.17. The van der Waals surface area contributed by atoms with Crippen molar-refractivity contribution in [3.05, 3.63) is 35.9 Å². The summed E-state index contributed by atoms with van der Waals surface area (Å²) < 4.78 is 0. The number of likely N-dealkylation sites (N-methyl/N-ethyl adjacent to an activating group) is 1. The molecule has 2 rings (SSSR count). The van der Waals surface area contributed by atoms with E-state index in [-0.39, 0.29) is 12.0 Å². The Hall–Kier alpha value is -1.39. The highest BCUT2D eigenvalue weighted by Crippen LogP contribution is 2.21. The van der Waals surface area contributed by atoms with Gasteiger partial charge in [-0.05, 0) is 51.1 Å². The lowest BCUT2D eigenvalue weighted by Gasteiger charge is -2.33. The van der Waals surface area contributed by atoms with E-state index in [0.717, 1.165) is 38.9 Å². The Morgan fingerprint density at radius 3 is 2.57 bits per heavy atom. The first-order valence-corrected chi connectivity index (χ1v) is 8.73. The zero-order valence-corrected chi connectivity index (χ0v) is 14.4. The lowest BCUT2D eigenvalue weighted by Crippen LogP contribution is -2.44. The second kappa shape index (κ2) is 9.04. The number of amides is 1. The summed E-state index contributed by atoms with van der Waals surface area (Å²) in [7, 11) is 1.95. The minimum Gasteiger partial charge on any atom is -0.393 e. The van der Waals surface area contributed by atoms with Crippen LogP contribution in [-0.4, -0.2) is 60.1 Å². The summed E-state index contributed by atoms with van der Waals surface area (Å²) in [6.45, 7) is 4.75. The summed E-state index contributed by atoms with van der Waals surface area (Å²) in [6, 6.07) is 10.6. The van der Waals surface area contributed by atoms with Gasteiger partial charge >= 0.3 is 0 Å². The van der Waals surface area contributed by atoms with Gasteiger partial charge in [-0.3, -0.25) is 9.69 Å². The van der Waals surface area contributed by atoms with Crippen LogP contribution in [0.2, 0.25) is 0 Å². The molecule has 1 atom stereocenters. The number of likely N-dealkylation sites (tertiary alicyclic amines) is 1. The highest BCUT2D eigenvalue weighted by Gasteiger charge is 2.23. The van der Waals surface area contributed by atoms with Crippen molar-refractivity contribution in [1.82, 2.24) is 9.80 Å². The van der Waals surface area contributed by atoms with Crippen LogP contribution >= 0.6 is 0 Å². The molecular formula is C19H30N2O2. The molecule has 0 saturated carbocycles. The smallest absolute Gasteiger partial charge is 0.236 e. The van der Waals surface area contributed by atoms with Gasteiger partial charge in [-0.2, -0.15) is 0 Å². The highest BCUT2D eigenvalue weighted by molar-refractivity contribution is 5.78. The summed E-state index contributed by atoms with van der Waals surface area (Å²) in [5.41, 5.74) is 1.40. The fourth-order valence-electron chi connectivity index (χ4n) is 3.15. The largest absolute Gasteiger partial charge is 0.393 e. The van der Waals surface area contributed by atoms with Crippen molar-refractivity contribution in [2.75, 3.05) is 33.2 Å². The monoisotopic (exact) mass is 318 g/mol. The molecule has 0 bridgehead atoms. The van der Waals surface area contributed by atoms with Gasteiger partial charge in [0.1, 0.15) is 0 Å². The Balaban J connectivity index is 1.70. The Labute approximate surface area is 140 Å². The molecule has 1 aromatic carbocycles. The minimum absolute atomic E-state index is 0.219. The summed E-state index contributed by atoms with van der Waals surface area (Å²) in [6.07, 6.45) is 3.72. The third-order valence-corrected chi connectivity index (χ3v) is 4.67. The molecule has 1 unspecified atom stereocenters.